The van der Waals surface area contributed by atoms with Crippen LogP contribution < -0.4 is 0 Å². The molecule has 0 bridgehead atoms. The van der Waals surface area contributed by atoms with Crippen LogP contribution in [0.15, 0.2) is 0 Å². The molecule has 6 rings (SSSR count). The number of rotatable bonds is 0. The molecule has 4 aliphatic carbocycles. The van der Waals surface area contributed by atoms with E-state index >= 15 is 0 Å². The third-order valence-corrected chi connectivity index (χ3v) is 9.07. The van der Waals surface area contributed by atoms with Crippen LogP contribution in [0.3, 0.4) is 0 Å². The molecule has 0 spiro atoms. The fourth-order valence-electron chi connectivity index (χ4n) is 7.82. The lowest BCUT2D eigenvalue weighted by Gasteiger charge is -2.59. The summed E-state index contributed by atoms with van der Waals surface area (Å²) >= 11 is 0. The molecule has 21 heavy (non-hydrogen) atoms. The molecule has 2 saturated heterocycles. The molecule has 0 aromatic heterocycles. The third-order valence-electron chi connectivity index (χ3n) is 9.07. The summed E-state index contributed by atoms with van der Waals surface area (Å²) in [7, 11) is 0. The SMILES string of the molecule is C[C@]12C[C@@H]3O[C@@H]3C[C@@H]1CC[C@@H]1[C@@H]2CC[C@@]2(C)[C@H]1C[C@@H]1O[C@@H]12. The zero-order chi connectivity index (χ0) is 14.0. The van der Waals surface area contributed by atoms with Crippen molar-refractivity contribution in [3.05, 3.63) is 0 Å². The van der Waals surface area contributed by atoms with Gasteiger partial charge in [0.25, 0.3) is 0 Å². The Bertz CT molecular complexity index is 504. The van der Waals surface area contributed by atoms with Gasteiger partial charge in [-0.2, -0.15) is 0 Å². The average Bonchev–Trinajstić information content (AvgIpc) is 3.34. The Morgan fingerprint density at radius 3 is 2.62 bits per heavy atom. The zero-order valence-electron chi connectivity index (χ0n) is 13.4. The topological polar surface area (TPSA) is 25.1 Å². The lowest BCUT2D eigenvalue weighted by molar-refractivity contribution is -0.113. The highest BCUT2D eigenvalue weighted by Crippen LogP contribution is 2.70. The van der Waals surface area contributed by atoms with E-state index in [1.165, 1.54) is 44.9 Å². The highest BCUT2D eigenvalue weighted by atomic mass is 16.6. The summed E-state index contributed by atoms with van der Waals surface area (Å²) in [6.07, 6.45) is 12.6. The van der Waals surface area contributed by atoms with Crippen molar-refractivity contribution >= 4 is 0 Å². The van der Waals surface area contributed by atoms with E-state index in [-0.39, 0.29) is 0 Å². The number of hydrogen-bond donors (Lipinski definition) is 0. The summed E-state index contributed by atoms with van der Waals surface area (Å²) in [6.45, 7) is 5.20. The van der Waals surface area contributed by atoms with Gasteiger partial charge >= 0.3 is 0 Å². The first-order chi connectivity index (χ1) is 10.1. The van der Waals surface area contributed by atoms with Crippen LogP contribution in [0.1, 0.15) is 58.8 Å². The molecule has 0 aromatic rings. The van der Waals surface area contributed by atoms with Crippen molar-refractivity contribution in [1.82, 2.24) is 0 Å². The minimum Gasteiger partial charge on any atom is -0.370 e. The first kappa shape index (κ1) is 12.4. The smallest absolute Gasteiger partial charge is 0.0898 e. The van der Waals surface area contributed by atoms with Gasteiger partial charge in [-0.25, -0.2) is 0 Å². The largest absolute Gasteiger partial charge is 0.370 e. The van der Waals surface area contributed by atoms with Gasteiger partial charge in [-0.05, 0) is 79.4 Å². The van der Waals surface area contributed by atoms with Crippen LogP contribution in [0.25, 0.3) is 0 Å². The maximum Gasteiger partial charge on any atom is 0.0898 e. The normalized spacial score (nSPS) is 70.0. The van der Waals surface area contributed by atoms with Crippen molar-refractivity contribution in [2.24, 2.45) is 34.5 Å². The molecule has 6 aliphatic rings. The van der Waals surface area contributed by atoms with Gasteiger partial charge in [-0.15, -0.1) is 0 Å². The third kappa shape index (κ3) is 1.39. The molecule has 2 heteroatoms. The standard InChI is InChI=1S/C19H28O2/c1-18-6-5-12-11(13(18)8-15-17(18)21-15)4-3-10-7-14-16(20-14)9-19(10,12)2/h10-17H,3-9H2,1-2H3/t10-,11+,12-,13-,14+,15-,16-,17-,18-,19-/m0/s1. The molecule has 0 aromatic carbocycles. The van der Waals surface area contributed by atoms with E-state index in [1.807, 2.05) is 0 Å². The number of epoxide rings is 2. The molecule has 10 atom stereocenters. The zero-order valence-corrected chi connectivity index (χ0v) is 13.4. The Kier molecular flexibility index (Phi) is 2.08. The van der Waals surface area contributed by atoms with Gasteiger partial charge in [0.15, 0.2) is 0 Å². The molecule has 6 fully saturated rings. The van der Waals surface area contributed by atoms with E-state index in [0.29, 0.717) is 35.2 Å². The van der Waals surface area contributed by atoms with E-state index < -0.39 is 0 Å². The molecule has 2 heterocycles. The monoisotopic (exact) mass is 288 g/mol. The second-order valence-corrected chi connectivity index (χ2v) is 9.69. The van der Waals surface area contributed by atoms with Crippen molar-refractivity contribution in [1.29, 1.82) is 0 Å². The van der Waals surface area contributed by atoms with Crippen molar-refractivity contribution < 1.29 is 9.47 Å². The minimum absolute atomic E-state index is 0.530. The van der Waals surface area contributed by atoms with Crippen LogP contribution >= 0.6 is 0 Å². The van der Waals surface area contributed by atoms with Crippen LogP contribution in [0.4, 0.5) is 0 Å². The van der Waals surface area contributed by atoms with Gasteiger partial charge in [-0.3, -0.25) is 0 Å². The Hall–Kier alpha value is -0.0800. The highest BCUT2D eigenvalue weighted by Gasteiger charge is 2.69. The maximum atomic E-state index is 5.94. The van der Waals surface area contributed by atoms with Crippen LogP contribution in [-0.2, 0) is 9.47 Å². The summed E-state index contributed by atoms with van der Waals surface area (Å²) in [5, 5.41) is 0. The first-order valence-corrected chi connectivity index (χ1v) is 9.40. The Morgan fingerprint density at radius 1 is 0.810 bits per heavy atom. The molecule has 0 unspecified atom stereocenters. The predicted molar refractivity (Wildman–Crippen MR) is 79.8 cm³/mol. The molecule has 0 N–H and O–H groups in total. The van der Waals surface area contributed by atoms with E-state index in [4.69, 9.17) is 9.47 Å². The van der Waals surface area contributed by atoms with Crippen molar-refractivity contribution in [3.8, 4) is 0 Å². The Morgan fingerprint density at radius 2 is 1.71 bits per heavy atom. The van der Waals surface area contributed by atoms with Gasteiger partial charge in [0, 0.05) is 0 Å². The number of ether oxygens (including phenoxy) is 2. The quantitative estimate of drug-likeness (QED) is 0.634. The second-order valence-electron chi connectivity index (χ2n) is 9.69. The summed E-state index contributed by atoms with van der Waals surface area (Å²) in [5.41, 5.74) is 1.12. The summed E-state index contributed by atoms with van der Waals surface area (Å²) < 4.78 is 11.9. The fraction of sp³-hybridized carbons (Fsp3) is 1.00. The van der Waals surface area contributed by atoms with Gasteiger partial charge in [0.2, 0.25) is 0 Å². The lowest BCUT2D eigenvalue weighted by atomic mass is 9.45. The molecule has 4 saturated carbocycles. The summed E-state index contributed by atoms with van der Waals surface area (Å²) in [4.78, 5) is 0. The highest BCUT2D eigenvalue weighted by molar-refractivity contribution is 5.17. The van der Waals surface area contributed by atoms with E-state index in [1.54, 1.807) is 0 Å². The molecule has 2 nitrogen and oxygen atoms in total. The van der Waals surface area contributed by atoms with E-state index in [0.717, 1.165) is 23.7 Å². The molecule has 116 valence electrons. The average molecular weight is 288 g/mol. The van der Waals surface area contributed by atoms with Crippen LogP contribution in [-0.4, -0.2) is 24.4 Å². The minimum atomic E-state index is 0.530. The molecule has 2 aliphatic heterocycles. The summed E-state index contributed by atoms with van der Waals surface area (Å²) in [6, 6.07) is 0. The van der Waals surface area contributed by atoms with Gasteiger partial charge in [0.1, 0.15) is 0 Å². The summed E-state index contributed by atoms with van der Waals surface area (Å²) in [5.74, 6) is 3.91. The molecule has 0 amide bonds. The van der Waals surface area contributed by atoms with Gasteiger partial charge in [0.05, 0.1) is 24.4 Å². The van der Waals surface area contributed by atoms with Gasteiger partial charge < -0.3 is 9.47 Å². The molecule has 0 radical (unpaired) electrons. The lowest BCUT2D eigenvalue weighted by Crippen LogP contribution is -2.53. The fourth-order valence-corrected chi connectivity index (χ4v) is 7.82. The van der Waals surface area contributed by atoms with Crippen molar-refractivity contribution in [2.45, 2.75) is 83.2 Å². The van der Waals surface area contributed by atoms with Crippen molar-refractivity contribution in [3.63, 3.8) is 0 Å². The van der Waals surface area contributed by atoms with E-state index in [2.05, 4.69) is 13.8 Å². The maximum absolute atomic E-state index is 5.94. The van der Waals surface area contributed by atoms with Crippen LogP contribution in [0.2, 0.25) is 0 Å². The second kappa shape index (κ2) is 3.53. The molecular formula is C19H28O2. The Balaban J connectivity index is 1.36. The van der Waals surface area contributed by atoms with Crippen LogP contribution in [0.5, 0.6) is 0 Å². The Labute approximate surface area is 128 Å². The van der Waals surface area contributed by atoms with Crippen LogP contribution in [0, 0.1) is 34.5 Å². The predicted octanol–water partition coefficient (Wildman–Crippen LogP) is 3.78. The first-order valence-electron chi connectivity index (χ1n) is 9.40. The van der Waals surface area contributed by atoms with E-state index in [9.17, 15) is 0 Å². The molecular weight excluding hydrogens is 260 g/mol. The number of hydrogen-bond acceptors (Lipinski definition) is 2. The van der Waals surface area contributed by atoms with Crippen molar-refractivity contribution in [2.75, 3.05) is 0 Å². The number of fused-ring (bicyclic) bond motifs is 8. The van der Waals surface area contributed by atoms with Gasteiger partial charge in [-0.1, -0.05) is 13.8 Å².